The highest BCUT2D eigenvalue weighted by Crippen LogP contribution is 2.38. The predicted molar refractivity (Wildman–Crippen MR) is 134 cm³/mol. The molecule has 0 aliphatic rings. The minimum Gasteiger partial charge on any atom is -0.485 e. The van der Waals surface area contributed by atoms with E-state index in [9.17, 15) is 9.90 Å². The van der Waals surface area contributed by atoms with Crippen LogP contribution in [0.15, 0.2) is 71.1 Å². The van der Waals surface area contributed by atoms with Crippen LogP contribution in [0.3, 0.4) is 0 Å². The van der Waals surface area contributed by atoms with Gasteiger partial charge in [-0.05, 0) is 62.2 Å². The van der Waals surface area contributed by atoms with Crippen LogP contribution in [0.1, 0.15) is 45.6 Å². The van der Waals surface area contributed by atoms with E-state index in [-0.39, 0.29) is 11.7 Å². The van der Waals surface area contributed by atoms with Crippen molar-refractivity contribution >= 4 is 27.8 Å². The third kappa shape index (κ3) is 3.87. The molecule has 35 heavy (non-hydrogen) atoms. The van der Waals surface area contributed by atoms with E-state index in [2.05, 4.69) is 6.07 Å². The Morgan fingerprint density at radius 3 is 2.51 bits per heavy atom. The molecular weight excluding hydrogens is 440 g/mol. The van der Waals surface area contributed by atoms with Crippen molar-refractivity contribution in [2.24, 2.45) is 0 Å². The van der Waals surface area contributed by atoms with E-state index in [1.54, 1.807) is 24.3 Å². The number of para-hydroxylation sites is 1. The molecular formula is C29H22N2O4. The number of carbonyl (C=O) groups is 1. The number of benzene rings is 3. The number of nitrogens with zero attached hydrogens (tertiary/aromatic N) is 2. The molecule has 6 nitrogen and oxygen atoms in total. The number of hydrogen-bond acceptors (Lipinski definition) is 5. The summed E-state index contributed by atoms with van der Waals surface area (Å²) in [4.78, 5) is 17.2. The standard InChI is InChI=1S/C29H22N2O4/c1-16-8-13-25(34-18(3)20-11-9-19(15-30)10-12-20)26-22(29(32)33)14-23(31-27(16)26)28-17(2)21-6-4-5-7-24(21)35-28/h4-14,18H,1-3H3,(H,32,33)/t18-/m0/s1. The first-order valence-electron chi connectivity index (χ1n) is 11.2. The number of carboxylic acid groups (broad SMARTS) is 1. The minimum atomic E-state index is -1.08. The topological polar surface area (TPSA) is 96.3 Å². The zero-order chi connectivity index (χ0) is 24.7. The van der Waals surface area contributed by atoms with Crippen molar-refractivity contribution in [3.8, 4) is 23.3 Å². The van der Waals surface area contributed by atoms with Crippen molar-refractivity contribution in [2.75, 3.05) is 0 Å². The number of ether oxygens (including phenoxy) is 1. The SMILES string of the molecule is Cc1c(-c2cc(C(=O)O)c3c(O[C@@H](C)c4ccc(C#N)cc4)ccc(C)c3n2)oc2ccccc12. The van der Waals surface area contributed by atoms with Gasteiger partial charge in [-0.2, -0.15) is 5.26 Å². The van der Waals surface area contributed by atoms with Crippen molar-refractivity contribution in [3.63, 3.8) is 0 Å². The average molecular weight is 463 g/mol. The Kier molecular flexibility index (Phi) is 5.46. The van der Waals surface area contributed by atoms with Crippen LogP contribution < -0.4 is 4.74 Å². The Bertz CT molecular complexity index is 1640. The summed E-state index contributed by atoms with van der Waals surface area (Å²) in [6.07, 6.45) is -0.368. The van der Waals surface area contributed by atoms with Gasteiger partial charge in [0.15, 0.2) is 5.76 Å². The van der Waals surface area contributed by atoms with Crippen LogP contribution in [-0.4, -0.2) is 16.1 Å². The lowest BCUT2D eigenvalue weighted by Crippen LogP contribution is -2.07. The molecule has 1 N–H and O–H groups in total. The van der Waals surface area contributed by atoms with Gasteiger partial charge in [-0.25, -0.2) is 9.78 Å². The molecule has 0 aliphatic carbocycles. The van der Waals surface area contributed by atoms with Crippen molar-refractivity contribution in [1.82, 2.24) is 4.98 Å². The van der Waals surface area contributed by atoms with Gasteiger partial charge in [0, 0.05) is 10.9 Å². The molecule has 0 aliphatic heterocycles. The zero-order valence-corrected chi connectivity index (χ0v) is 19.5. The van der Waals surface area contributed by atoms with Gasteiger partial charge in [0.2, 0.25) is 0 Å². The van der Waals surface area contributed by atoms with Crippen molar-refractivity contribution in [2.45, 2.75) is 26.9 Å². The molecule has 0 bridgehead atoms. The lowest BCUT2D eigenvalue weighted by atomic mass is 10.0. The molecule has 2 heterocycles. The van der Waals surface area contributed by atoms with Crippen molar-refractivity contribution < 1.29 is 19.1 Å². The van der Waals surface area contributed by atoms with Gasteiger partial charge in [-0.1, -0.05) is 36.4 Å². The van der Waals surface area contributed by atoms with E-state index in [1.165, 1.54) is 0 Å². The molecule has 6 heteroatoms. The summed E-state index contributed by atoms with van der Waals surface area (Å²) >= 11 is 0. The summed E-state index contributed by atoms with van der Waals surface area (Å²) in [5.74, 6) is -0.0959. The summed E-state index contributed by atoms with van der Waals surface area (Å²) < 4.78 is 12.3. The van der Waals surface area contributed by atoms with Crippen LogP contribution in [0.2, 0.25) is 0 Å². The quantitative estimate of drug-likeness (QED) is 0.303. The number of rotatable bonds is 5. The number of nitriles is 1. The van der Waals surface area contributed by atoms with Gasteiger partial charge in [0.05, 0.1) is 28.1 Å². The Morgan fingerprint density at radius 2 is 1.83 bits per heavy atom. The highest BCUT2D eigenvalue weighted by atomic mass is 16.5. The third-order valence-corrected chi connectivity index (χ3v) is 6.24. The maximum absolute atomic E-state index is 12.4. The molecule has 0 saturated carbocycles. The lowest BCUT2D eigenvalue weighted by molar-refractivity contribution is 0.0698. The van der Waals surface area contributed by atoms with Crippen LogP contribution in [-0.2, 0) is 0 Å². The fourth-order valence-electron chi connectivity index (χ4n) is 4.33. The largest absolute Gasteiger partial charge is 0.485 e. The number of aromatic carboxylic acids is 1. The first kappa shape index (κ1) is 22.2. The predicted octanol–water partition coefficient (Wildman–Crippen LogP) is 6.97. The Morgan fingerprint density at radius 1 is 1.09 bits per heavy atom. The van der Waals surface area contributed by atoms with Gasteiger partial charge < -0.3 is 14.3 Å². The summed E-state index contributed by atoms with van der Waals surface area (Å²) in [7, 11) is 0. The molecule has 0 spiro atoms. The maximum Gasteiger partial charge on any atom is 0.336 e. The highest BCUT2D eigenvalue weighted by molar-refractivity contribution is 6.07. The molecule has 2 aromatic heterocycles. The fourth-order valence-corrected chi connectivity index (χ4v) is 4.33. The molecule has 0 radical (unpaired) electrons. The van der Waals surface area contributed by atoms with Crippen LogP contribution in [0, 0.1) is 25.2 Å². The van der Waals surface area contributed by atoms with Gasteiger partial charge in [-0.3, -0.25) is 0 Å². The summed E-state index contributed by atoms with van der Waals surface area (Å²) in [5.41, 5.74) is 5.00. The van der Waals surface area contributed by atoms with Crippen molar-refractivity contribution in [3.05, 3.63) is 94.5 Å². The Hall–Kier alpha value is -4.63. The lowest BCUT2D eigenvalue weighted by Gasteiger charge is -2.19. The van der Waals surface area contributed by atoms with E-state index in [1.807, 2.05) is 63.2 Å². The van der Waals surface area contributed by atoms with Gasteiger partial charge in [-0.15, -0.1) is 0 Å². The molecule has 172 valence electrons. The van der Waals surface area contributed by atoms with Gasteiger partial charge >= 0.3 is 5.97 Å². The second-order valence-corrected chi connectivity index (χ2v) is 8.51. The first-order chi connectivity index (χ1) is 16.9. The van der Waals surface area contributed by atoms with Crippen molar-refractivity contribution in [1.29, 1.82) is 5.26 Å². The maximum atomic E-state index is 12.4. The number of pyridine rings is 1. The fraction of sp³-hybridized carbons (Fsp3) is 0.138. The van der Waals surface area contributed by atoms with E-state index in [0.29, 0.717) is 33.7 Å². The van der Waals surface area contributed by atoms with Crippen LogP contribution >= 0.6 is 0 Å². The zero-order valence-electron chi connectivity index (χ0n) is 19.5. The van der Waals surface area contributed by atoms with Crippen LogP contribution in [0.5, 0.6) is 5.75 Å². The van der Waals surface area contributed by atoms with E-state index < -0.39 is 5.97 Å². The Balaban J connectivity index is 1.66. The van der Waals surface area contributed by atoms with Gasteiger partial charge in [0.1, 0.15) is 23.1 Å². The molecule has 0 amide bonds. The molecule has 0 saturated heterocycles. The second kappa shape index (κ2) is 8.62. The first-order valence-corrected chi connectivity index (χ1v) is 11.2. The monoisotopic (exact) mass is 462 g/mol. The summed E-state index contributed by atoms with van der Waals surface area (Å²) in [5, 5.41) is 20.6. The second-order valence-electron chi connectivity index (χ2n) is 8.51. The summed E-state index contributed by atoms with van der Waals surface area (Å²) in [6.45, 7) is 5.72. The number of carboxylic acids is 1. The molecule has 5 rings (SSSR count). The minimum absolute atomic E-state index is 0.0931. The molecule has 3 aromatic carbocycles. The number of aromatic nitrogens is 1. The van der Waals surface area contributed by atoms with E-state index in [0.717, 1.165) is 27.7 Å². The number of fused-ring (bicyclic) bond motifs is 2. The molecule has 5 aromatic rings. The molecule has 1 atom stereocenters. The van der Waals surface area contributed by atoms with Crippen LogP contribution in [0.25, 0.3) is 33.3 Å². The Labute approximate surface area is 202 Å². The highest BCUT2D eigenvalue weighted by Gasteiger charge is 2.22. The molecule has 0 unspecified atom stereocenters. The van der Waals surface area contributed by atoms with Gasteiger partial charge in [0.25, 0.3) is 0 Å². The smallest absolute Gasteiger partial charge is 0.336 e. The summed E-state index contributed by atoms with van der Waals surface area (Å²) in [6, 6.07) is 22.1. The average Bonchev–Trinajstić information content (AvgIpc) is 3.21. The third-order valence-electron chi connectivity index (χ3n) is 6.24. The number of aryl methyl sites for hydroxylation is 2. The number of furan rings is 1. The van der Waals surface area contributed by atoms with E-state index >= 15 is 0 Å². The van der Waals surface area contributed by atoms with Crippen LogP contribution in [0.4, 0.5) is 0 Å². The normalized spacial score (nSPS) is 11.9. The molecule has 0 fully saturated rings. The van der Waals surface area contributed by atoms with E-state index in [4.69, 9.17) is 19.4 Å². The number of hydrogen-bond donors (Lipinski definition) is 1.